The van der Waals surface area contributed by atoms with E-state index >= 15 is 0 Å². The van der Waals surface area contributed by atoms with Crippen LogP contribution in [0.4, 0.5) is 11.4 Å². The number of carbonyl (C=O) groups is 3. The molecule has 0 bridgehead atoms. The fraction of sp³-hybridized carbons (Fsp3) is 0.219. The number of carboxylic acid groups (broad SMARTS) is 1. The second-order valence-electron chi connectivity index (χ2n) is 10.6. The number of rotatable bonds is 6. The summed E-state index contributed by atoms with van der Waals surface area (Å²) in [6.45, 7) is 2.06. The van der Waals surface area contributed by atoms with Crippen molar-refractivity contribution in [1.29, 1.82) is 0 Å². The number of carboxylic acids is 1. The maximum absolute atomic E-state index is 13.2. The van der Waals surface area contributed by atoms with Crippen LogP contribution in [0.2, 0.25) is 0 Å². The van der Waals surface area contributed by atoms with E-state index in [4.69, 9.17) is 0 Å². The lowest BCUT2D eigenvalue weighted by atomic mass is 9.93. The minimum absolute atomic E-state index is 0.106. The Labute approximate surface area is 231 Å². The Morgan fingerprint density at radius 3 is 2.50 bits per heavy atom. The number of anilines is 2. The zero-order valence-corrected chi connectivity index (χ0v) is 22.2. The summed E-state index contributed by atoms with van der Waals surface area (Å²) in [5.41, 5.74) is 4.67. The summed E-state index contributed by atoms with van der Waals surface area (Å²) >= 11 is 0. The molecule has 1 amide bonds. The normalized spacial score (nSPS) is 17.0. The summed E-state index contributed by atoms with van der Waals surface area (Å²) in [5.74, 6) is -0.844. The van der Waals surface area contributed by atoms with E-state index in [-0.39, 0.29) is 17.4 Å². The molecule has 0 aliphatic carbocycles. The number of aromatic nitrogens is 1. The van der Waals surface area contributed by atoms with Gasteiger partial charge in [0.15, 0.2) is 0 Å². The molecule has 4 aromatic rings. The van der Waals surface area contributed by atoms with Gasteiger partial charge < -0.3 is 20.6 Å². The van der Waals surface area contributed by atoms with Gasteiger partial charge >= 0.3 is 5.97 Å². The summed E-state index contributed by atoms with van der Waals surface area (Å²) in [6.07, 6.45) is 4.46. The Balaban J connectivity index is 1.33. The quantitative estimate of drug-likeness (QED) is 0.277. The number of carbonyl (C=O) groups excluding carboxylic acids is 2. The number of fused-ring (bicyclic) bond motifs is 2. The highest BCUT2D eigenvalue weighted by Gasteiger charge is 2.29. The summed E-state index contributed by atoms with van der Waals surface area (Å²) in [7, 11) is 2.12. The lowest BCUT2D eigenvalue weighted by Gasteiger charge is -2.28. The molecule has 2 aliphatic rings. The largest absolute Gasteiger partial charge is 0.478 e. The van der Waals surface area contributed by atoms with Crippen LogP contribution in [-0.4, -0.2) is 52.5 Å². The van der Waals surface area contributed by atoms with Crippen LogP contribution in [0.25, 0.3) is 22.2 Å². The highest BCUT2D eigenvalue weighted by Crippen LogP contribution is 2.38. The minimum Gasteiger partial charge on any atom is -0.478 e. The monoisotopic (exact) mass is 534 g/mol. The maximum Gasteiger partial charge on any atom is 0.335 e. The Kier molecular flexibility index (Phi) is 6.69. The number of nitrogens with zero attached hydrogens (tertiary/aromatic N) is 2. The fourth-order valence-electron chi connectivity index (χ4n) is 5.63. The van der Waals surface area contributed by atoms with Crippen molar-refractivity contribution in [3.8, 4) is 0 Å². The number of aromatic carboxylic acids is 1. The van der Waals surface area contributed by atoms with Crippen LogP contribution in [0.3, 0.4) is 0 Å². The van der Waals surface area contributed by atoms with Gasteiger partial charge in [-0.3, -0.25) is 14.2 Å². The SMILES string of the molecule is CN1CCC(CC(=O)n2ccc3cc(N/C(=C4/C(=O)Nc5cc(C(=O)O)ccc54)c4ccccc4)ccc32)CC1. The molecular weight excluding hydrogens is 504 g/mol. The third kappa shape index (κ3) is 4.89. The molecule has 0 atom stereocenters. The Morgan fingerprint density at radius 1 is 0.975 bits per heavy atom. The van der Waals surface area contributed by atoms with E-state index < -0.39 is 5.97 Å². The Morgan fingerprint density at radius 2 is 1.75 bits per heavy atom. The molecular formula is C32H30N4O4. The van der Waals surface area contributed by atoms with Gasteiger partial charge in [0.05, 0.1) is 28.0 Å². The minimum atomic E-state index is -1.05. The molecule has 1 fully saturated rings. The van der Waals surface area contributed by atoms with E-state index in [0.717, 1.165) is 48.1 Å². The topological polar surface area (TPSA) is 104 Å². The summed E-state index contributed by atoms with van der Waals surface area (Å²) in [4.78, 5) is 40.1. The molecule has 3 N–H and O–H groups in total. The summed E-state index contributed by atoms with van der Waals surface area (Å²) < 4.78 is 1.74. The van der Waals surface area contributed by atoms with Crippen molar-refractivity contribution in [3.63, 3.8) is 0 Å². The van der Waals surface area contributed by atoms with Crippen molar-refractivity contribution >= 4 is 51.3 Å². The smallest absolute Gasteiger partial charge is 0.335 e. The second-order valence-corrected chi connectivity index (χ2v) is 10.6. The van der Waals surface area contributed by atoms with Crippen molar-refractivity contribution in [3.05, 3.63) is 95.7 Å². The van der Waals surface area contributed by atoms with E-state index in [1.807, 2.05) is 60.8 Å². The molecule has 0 radical (unpaired) electrons. The van der Waals surface area contributed by atoms with Crippen molar-refractivity contribution in [1.82, 2.24) is 9.47 Å². The molecule has 40 heavy (non-hydrogen) atoms. The summed E-state index contributed by atoms with van der Waals surface area (Å²) in [6, 6.07) is 21.9. The molecule has 8 nitrogen and oxygen atoms in total. The van der Waals surface area contributed by atoms with Gasteiger partial charge in [-0.15, -0.1) is 0 Å². The van der Waals surface area contributed by atoms with Crippen LogP contribution >= 0.6 is 0 Å². The van der Waals surface area contributed by atoms with Crippen LogP contribution in [0.15, 0.2) is 79.0 Å². The van der Waals surface area contributed by atoms with Crippen molar-refractivity contribution < 1.29 is 19.5 Å². The first-order valence-corrected chi connectivity index (χ1v) is 13.5. The molecule has 1 aromatic heterocycles. The van der Waals surface area contributed by atoms with Gasteiger partial charge in [0.25, 0.3) is 5.91 Å². The van der Waals surface area contributed by atoms with Gasteiger partial charge in [0, 0.05) is 29.3 Å². The predicted molar refractivity (Wildman–Crippen MR) is 156 cm³/mol. The molecule has 3 heterocycles. The molecule has 2 aliphatic heterocycles. The molecule has 3 aromatic carbocycles. The zero-order valence-electron chi connectivity index (χ0n) is 22.2. The molecule has 202 valence electrons. The molecule has 8 heteroatoms. The maximum atomic E-state index is 13.2. The van der Waals surface area contributed by atoms with Crippen LogP contribution in [0.1, 0.15) is 45.5 Å². The van der Waals surface area contributed by atoms with Gasteiger partial charge in [-0.05, 0) is 80.9 Å². The van der Waals surface area contributed by atoms with E-state index in [2.05, 4.69) is 22.6 Å². The highest BCUT2D eigenvalue weighted by molar-refractivity contribution is 6.37. The number of hydrogen-bond acceptors (Lipinski definition) is 5. The Hall–Kier alpha value is -4.69. The summed E-state index contributed by atoms with van der Waals surface area (Å²) in [5, 5.41) is 16.6. The number of amides is 1. The van der Waals surface area contributed by atoms with Crippen molar-refractivity contribution in [2.45, 2.75) is 19.3 Å². The van der Waals surface area contributed by atoms with Gasteiger partial charge in [-0.1, -0.05) is 36.4 Å². The molecule has 0 unspecified atom stereocenters. The van der Waals surface area contributed by atoms with Crippen LogP contribution in [-0.2, 0) is 4.79 Å². The first kappa shape index (κ1) is 25.6. The number of hydrogen-bond donors (Lipinski definition) is 3. The second kappa shape index (κ2) is 10.5. The number of benzene rings is 3. The fourth-order valence-corrected chi connectivity index (χ4v) is 5.63. The van der Waals surface area contributed by atoms with Crippen LogP contribution in [0, 0.1) is 5.92 Å². The standard InChI is InChI=1S/C32H30N4O4/c1-35-14-11-20(12-15-35)17-28(37)36-16-13-22-18-24(8-10-27(22)36)33-30(21-5-3-2-4-6-21)29-25-9-7-23(32(39)40)19-26(25)34-31(29)38/h2-10,13,16,18-20,33H,11-12,14-15,17H2,1H3,(H,34,38)(H,39,40)/b30-29+. The van der Waals surface area contributed by atoms with E-state index in [0.29, 0.717) is 34.9 Å². The van der Waals surface area contributed by atoms with Crippen molar-refractivity contribution in [2.75, 3.05) is 30.8 Å². The number of nitrogens with one attached hydrogen (secondary N) is 2. The number of likely N-dealkylation sites (tertiary alicyclic amines) is 1. The van der Waals surface area contributed by atoms with Crippen LogP contribution in [0.5, 0.6) is 0 Å². The molecule has 0 saturated carbocycles. The van der Waals surface area contributed by atoms with Gasteiger partial charge in [0.2, 0.25) is 5.91 Å². The van der Waals surface area contributed by atoms with E-state index in [1.54, 1.807) is 10.6 Å². The average molecular weight is 535 g/mol. The lowest BCUT2D eigenvalue weighted by molar-refractivity contribution is -0.110. The molecule has 0 spiro atoms. The number of piperidine rings is 1. The zero-order chi connectivity index (χ0) is 27.8. The van der Waals surface area contributed by atoms with E-state index in [9.17, 15) is 19.5 Å². The van der Waals surface area contributed by atoms with Gasteiger partial charge in [0.1, 0.15) is 0 Å². The highest BCUT2D eigenvalue weighted by atomic mass is 16.4. The first-order chi connectivity index (χ1) is 19.4. The van der Waals surface area contributed by atoms with Crippen LogP contribution < -0.4 is 10.6 Å². The third-order valence-corrected chi connectivity index (χ3v) is 7.85. The van der Waals surface area contributed by atoms with Crippen molar-refractivity contribution in [2.24, 2.45) is 5.92 Å². The third-order valence-electron chi connectivity index (χ3n) is 7.85. The van der Waals surface area contributed by atoms with E-state index in [1.165, 1.54) is 12.1 Å². The first-order valence-electron chi connectivity index (χ1n) is 13.5. The molecule has 6 rings (SSSR count). The molecule has 1 saturated heterocycles. The average Bonchev–Trinajstić information content (AvgIpc) is 3.53. The van der Waals surface area contributed by atoms with Gasteiger partial charge in [-0.25, -0.2) is 4.79 Å². The lowest BCUT2D eigenvalue weighted by Crippen LogP contribution is -2.31. The Bertz CT molecular complexity index is 1660. The predicted octanol–water partition coefficient (Wildman–Crippen LogP) is 5.64. The van der Waals surface area contributed by atoms with Gasteiger partial charge in [-0.2, -0.15) is 0 Å².